The van der Waals surface area contributed by atoms with Gasteiger partial charge in [0, 0.05) is 30.5 Å². The molecular weight excluding hydrogens is 430 g/mol. The smallest absolute Gasteiger partial charge is 0.185 e. The lowest BCUT2D eigenvalue weighted by Crippen LogP contribution is -2.39. The monoisotopic (exact) mass is 453 g/mol. The Bertz CT molecular complexity index is 1210. The van der Waals surface area contributed by atoms with E-state index in [9.17, 15) is 13.7 Å². The van der Waals surface area contributed by atoms with Gasteiger partial charge in [0.1, 0.15) is 11.8 Å². The van der Waals surface area contributed by atoms with E-state index in [4.69, 9.17) is 9.72 Å². The van der Waals surface area contributed by atoms with Crippen molar-refractivity contribution in [3.63, 3.8) is 0 Å². The van der Waals surface area contributed by atoms with Crippen LogP contribution in [0, 0.1) is 11.3 Å². The number of nitriles is 1. The third kappa shape index (κ3) is 4.43. The van der Waals surface area contributed by atoms with Crippen molar-refractivity contribution in [1.82, 2.24) is 4.98 Å². The molecule has 31 heavy (non-hydrogen) atoms. The molecule has 0 N–H and O–H groups in total. The Hall–Kier alpha value is -2.89. The molecule has 0 aliphatic carbocycles. The summed E-state index contributed by atoms with van der Waals surface area (Å²) >= 11 is 1.58. The minimum absolute atomic E-state index is 0.143. The van der Waals surface area contributed by atoms with Crippen molar-refractivity contribution in [3.05, 3.63) is 70.7 Å². The van der Waals surface area contributed by atoms with Crippen LogP contribution in [0.5, 0.6) is 5.75 Å². The Morgan fingerprint density at radius 1 is 1.16 bits per heavy atom. The minimum atomic E-state index is -3.53. The number of nitrogens with zero attached hydrogens (tertiary/aromatic N) is 3. The van der Waals surface area contributed by atoms with Gasteiger partial charge in [0.2, 0.25) is 0 Å². The first-order valence-corrected chi connectivity index (χ1v) is 12.5. The van der Waals surface area contributed by atoms with E-state index in [1.807, 2.05) is 35.7 Å². The lowest BCUT2D eigenvalue weighted by Gasteiger charge is -2.31. The molecule has 0 bridgehead atoms. The van der Waals surface area contributed by atoms with Crippen molar-refractivity contribution in [2.24, 2.45) is 0 Å². The third-order valence-corrected chi connectivity index (χ3v) is 8.84. The fraction of sp³-hybridized carbons (Fsp3) is 0.304. The normalized spacial score (nSPS) is 14.9. The molecule has 6 nitrogen and oxygen atoms in total. The van der Waals surface area contributed by atoms with Gasteiger partial charge in [-0.1, -0.05) is 30.3 Å². The Balaban J connectivity index is 1.43. The quantitative estimate of drug-likeness (QED) is 0.560. The number of anilines is 1. The maximum absolute atomic E-state index is 13.1. The molecule has 1 aromatic heterocycles. The molecule has 4 rings (SSSR count). The summed E-state index contributed by atoms with van der Waals surface area (Å²) in [5, 5.41) is 11.8. The predicted molar refractivity (Wildman–Crippen MR) is 121 cm³/mol. The molecule has 8 heteroatoms. The largest absolute Gasteiger partial charge is 0.496 e. The number of rotatable bonds is 6. The Kier molecular flexibility index (Phi) is 6.25. The van der Waals surface area contributed by atoms with Crippen LogP contribution in [0.4, 0.5) is 5.13 Å². The zero-order chi connectivity index (χ0) is 21.8. The van der Waals surface area contributed by atoms with Gasteiger partial charge in [-0.15, -0.1) is 11.3 Å². The second-order valence-corrected chi connectivity index (χ2v) is 10.5. The van der Waals surface area contributed by atoms with Gasteiger partial charge in [-0.25, -0.2) is 13.4 Å². The van der Waals surface area contributed by atoms with Crippen LogP contribution in [0.15, 0.2) is 58.8 Å². The third-order valence-electron chi connectivity index (χ3n) is 5.57. The lowest BCUT2D eigenvalue weighted by atomic mass is 10.1. The fourth-order valence-electron chi connectivity index (χ4n) is 3.91. The first kappa shape index (κ1) is 21.3. The molecule has 1 aliphatic rings. The molecule has 0 radical (unpaired) electrons. The zero-order valence-electron chi connectivity index (χ0n) is 17.2. The minimum Gasteiger partial charge on any atom is -0.496 e. The SMILES string of the molecule is COc1ccccc1Cc1csc(N2CCC(S(=O)(=O)c3ccccc3C#N)CC2)n1. The summed E-state index contributed by atoms with van der Waals surface area (Å²) in [6, 6.07) is 16.4. The summed E-state index contributed by atoms with van der Waals surface area (Å²) in [6.07, 6.45) is 1.73. The molecule has 160 valence electrons. The van der Waals surface area contributed by atoms with Crippen LogP contribution in [-0.2, 0) is 16.3 Å². The van der Waals surface area contributed by atoms with Gasteiger partial charge in [-0.05, 0) is 31.0 Å². The topological polar surface area (TPSA) is 83.3 Å². The van der Waals surface area contributed by atoms with Crippen LogP contribution in [0.25, 0.3) is 0 Å². The summed E-state index contributed by atoms with van der Waals surface area (Å²) in [6.45, 7) is 1.25. The van der Waals surface area contributed by atoms with Crippen molar-refractivity contribution >= 4 is 26.3 Å². The Morgan fingerprint density at radius 2 is 1.87 bits per heavy atom. The Labute approximate surface area is 186 Å². The fourth-order valence-corrected chi connectivity index (χ4v) is 6.67. The van der Waals surface area contributed by atoms with E-state index in [0.29, 0.717) is 32.4 Å². The van der Waals surface area contributed by atoms with Gasteiger partial charge in [-0.3, -0.25) is 0 Å². The average Bonchev–Trinajstić information content (AvgIpc) is 3.28. The van der Waals surface area contributed by atoms with Crippen LogP contribution in [0.1, 0.15) is 29.7 Å². The van der Waals surface area contributed by atoms with Crippen LogP contribution < -0.4 is 9.64 Å². The molecule has 1 fully saturated rings. The number of benzene rings is 2. The molecule has 2 heterocycles. The molecule has 3 aromatic rings. The number of hydrogen-bond donors (Lipinski definition) is 0. The van der Waals surface area contributed by atoms with Crippen LogP contribution in [0.2, 0.25) is 0 Å². The van der Waals surface area contributed by atoms with E-state index in [1.165, 1.54) is 6.07 Å². The summed E-state index contributed by atoms with van der Waals surface area (Å²) in [4.78, 5) is 7.07. The molecule has 1 aliphatic heterocycles. The number of sulfone groups is 1. The number of aromatic nitrogens is 1. The van der Waals surface area contributed by atoms with E-state index in [-0.39, 0.29) is 10.5 Å². The first-order chi connectivity index (χ1) is 15.0. The Morgan fingerprint density at radius 3 is 2.61 bits per heavy atom. The predicted octanol–water partition coefficient (Wildman–Crippen LogP) is 4.06. The summed E-state index contributed by atoms with van der Waals surface area (Å²) < 4.78 is 31.6. The maximum Gasteiger partial charge on any atom is 0.185 e. The first-order valence-electron chi connectivity index (χ1n) is 10.1. The van der Waals surface area contributed by atoms with E-state index in [1.54, 1.807) is 36.6 Å². The van der Waals surface area contributed by atoms with Gasteiger partial charge in [0.15, 0.2) is 15.0 Å². The van der Waals surface area contributed by atoms with Gasteiger partial charge in [-0.2, -0.15) is 5.26 Å². The molecule has 0 saturated carbocycles. The van der Waals surface area contributed by atoms with E-state index in [0.717, 1.165) is 22.1 Å². The summed E-state index contributed by atoms with van der Waals surface area (Å²) in [5.74, 6) is 0.848. The molecule has 0 amide bonds. The number of ether oxygens (including phenoxy) is 1. The molecule has 2 aromatic carbocycles. The van der Waals surface area contributed by atoms with Crippen molar-refractivity contribution < 1.29 is 13.2 Å². The maximum atomic E-state index is 13.1. The number of thiazole rings is 1. The van der Waals surface area contributed by atoms with Crippen LogP contribution in [0.3, 0.4) is 0 Å². The standard InChI is InChI=1S/C23H23N3O3S2/c1-29-21-8-4-2-6-17(21)14-19-16-30-23(25-19)26-12-10-20(11-13-26)31(27,28)22-9-5-3-7-18(22)15-24/h2-9,16,20H,10-14H2,1H3. The molecule has 0 atom stereocenters. The molecule has 0 spiro atoms. The van der Waals surface area contributed by atoms with E-state index >= 15 is 0 Å². The number of para-hydroxylation sites is 1. The van der Waals surface area contributed by atoms with Crippen molar-refractivity contribution in [2.45, 2.75) is 29.4 Å². The van der Waals surface area contributed by atoms with Crippen molar-refractivity contribution in [1.29, 1.82) is 5.26 Å². The highest BCUT2D eigenvalue weighted by Gasteiger charge is 2.33. The second kappa shape index (κ2) is 9.08. The van der Waals surface area contributed by atoms with Gasteiger partial charge < -0.3 is 9.64 Å². The average molecular weight is 454 g/mol. The summed E-state index contributed by atoms with van der Waals surface area (Å²) in [7, 11) is -1.87. The second-order valence-electron chi connectivity index (χ2n) is 7.45. The number of hydrogen-bond acceptors (Lipinski definition) is 7. The van der Waals surface area contributed by atoms with Gasteiger partial charge >= 0.3 is 0 Å². The molecular formula is C23H23N3O3S2. The number of methoxy groups -OCH3 is 1. The molecule has 0 unspecified atom stereocenters. The van der Waals surface area contributed by atoms with Crippen molar-refractivity contribution in [3.8, 4) is 11.8 Å². The van der Waals surface area contributed by atoms with Crippen molar-refractivity contribution in [2.75, 3.05) is 25.1 Å². The van der Waals surface area contributed by atoms with Gasteiger partial charge in [0.25, 0.3) is 0 Å². The number of piperidine rings is 1. The van der Waals surface area contributed by atoms with Gasteiger partial charge in [0.05, 0.1) is 28.5 Å². The highest BCUT2D eigenvalue weighted by atomic mass is 32.2. The molecule has 1 saturated heterocycles. The highest BCUT2D eigenvalue weighted by molar-refractivity contribution is 7.92. The highest BCUT2D eigenvalue weighted by Crippen LogP contribution is 2.31. The van der Waals surface area contributed by atoms with E-state index in [2.05, 4.69) is 4.90 Å². The summed E-state index contributed by atoms with van der Waals surface area (Å²) in [5.41, 5.74) is 2.27. The zero-order valence-corrected chi connectivity index (χ0v) is 18.8. The van der Waals surface area contributed by atoms with Crippen LogP contribution in [-0.4, -0.2) is 38.9 Å². The van der Waals surface area contributed by atoms with Crippen LogP contribution >= 0.6 is 11.3 Å². The lowest BCUT2D eigenvalue weighted by molar-refractivity contribution is 0.410. The van der Waals surface area contributed by atoms with E-state index < -0.39 is 15.1 Å².